The molecule has 1 aromatic carbocycles. The summed E-state index contributed by atoms with van der Waals surface area (Å²) in [6.45, 7) is 0.987. The Morgan fingerprint density at radius 3 is 2.60 bits per heavy atom. The molecule has 7 heteroatoms. The number of halogens is 1. The van der Waals surface area contributed by atoms with Gasteiger partial charge in [0.25, 0.3) is 0 Å². The van der Waals surface area contributed by atoms with Gasteiger partial charge in [0.1, 0.15) is 11.9 Å². The van der Waals surface area contributed by atoms with Crippen molar-refractivity contribution in [3.05, 3.63) is 35.6 Å². The highest BCUT2D eigenvalue weighted by Gasteiger charge is 2.14. The largest absolute Gasteiger partial charge is 0.480 e. The van der Waals surface area contributed by atoms with E-state index in [0.717, 1.165) is 0 Å². The second-order valence-electron chi connectivity index (χ2n) is 4.21. The molecule has 0 bridgehead atoms. The SMILES string of the molecule is C[C@H](NC(=O)CNC(=O)Cc1cccc(F)c1)C(=O)O. The Labute approximate surface area is 115 Å². The van der Waals surface area contributed by atoms with Crippen molar-refractivity contribution in [2.45, 2.75) is 19.4 Å². The zero-order chi connectivity index (χ0) is 15.1. The van der Waals surface area contributed by atoms with Gasteiger partial charge in [-0.1, -0.05) is 12.1 Å². The van der Waals surface area contributed by atoms with Crippen LogP contribution in [0.25, 0.3) is 0 Å². The van der Waals surface area contributed by atoms with E-state index in [2.05, 4.69) is 10.6 Å². The normalized spacial score (nSPS) is 11.5. The molecule has 0 radical (unpaired) electrons. The van der Waals surface area contributed by atoms with Gasteiger partial charge in [-0.05, 0) is 24.6 Å². The molecule has 0 unspecified atom stereocenters. The van der Waals surface area contributed by atoms with Crippen LogP contribution in [0.2, 0.25) is 0 Å². The van der Waals surface area contributed by atoms with E-state index in [0.29, 0.717) is 5.56 Å². The molecule has 20 heavy (non-hydrogen) atoms. The molecule has 0 aliphatic rings. The van der Waals surface area contributed by atoms with Gasteiger partial charge >= 0.3 is 5.97 Å². The van der Waals surface area contributed by atoms with Crippen molar-refractivity contribution in [2.24, 2.45) is 0 Å². The highest BCUT2D eigenvalue weighted by atomic mass is 19.1. The van der Waals surface area contributed by atoms with Crippen LogP contribution in [0.4, 0.5) is 4.39 Å². The van der Waals surface area contributed by atoms with Crippen molar-refractivity contribution >= 4 is 17.8 Å². The molecule has 0 aromatic heterocycles. The zero-order valence-corrected chi connectivity index (χ0v) is 10.9. The average Bonchev–Trinajstić information content (AvgIpc) is 2.36. The van der Waals surface area contributed by atoms with Crippen LogP contribution in [-0.4, -0.2) is 35.5 Å². The molecule has 3 N–H and O–H groups in total. The minimum atomic E-state index is -1.16. The molecule has 1 atom stereocenters. The fraction of sp³-hybridized carbons (Fsp3) is 0.308. The molecule has 0 aliphatic carbocycles. The molecule has 6 nitrogen and oxygen atoms in total. The fourth-order valence-corrected chi connectivity index (χ4v) is 1.43. The Morgan fingerprint density at radius 1 is 1.30 bits per heavy atom. The number of amides is 2. The quantitative estimate of drug-likeness (QED) is 0.688. The lowest BCUT2D eigenvalue weighted by molar-refractivity contribution is -0.141. The maximum Gasteiger partial charge on any atom is 0.325 e. The van der Waals surface area contributed by atoms with E-state index < -0.39 is 29.6 Å². The molecule has 108 valence electrons. The van der Waals surface area contributed by atoms with E-state index in [4.69, 9.17) is 5.11 Å². The van der Waals surface area contributed by atoms with Gasteiger partial charge < -0.3 is 15.7 Å². The van der Waals surface area contributed by atoms with Crippen LogP contribution in [0.5, 0.6) is 0 Å². The second kappa shape index (κ2) is 7.22. The summed E-state index contributed by atoms with van der Waals surface area (Å²) in [5, 5.41) is 13.1. The Balaban J connectivity index is 2.36. The smallest absolute Gasteiger partial charge is 0.325 e. The molecular formula is C13H15FN2O4. The summed E-state index contributed by atoms with van der Waals surface area (Å²) in [5.74, 6) is -2.66. The molecule has 0 spiro atoms. The summed E-state index contributed by atoms with van der Waals surface area (Å²) >= 11 is 0. The van der Waals surface area contributed by atoms with Crippen LogP contribution in [0.15, 0.2) is 24.3 Å². The number of aliphatic carboxylic acids is 1. The third-order valence-corrected chi connectivity index (χ3v) is 2.45. The van der Waals surface area contributed by atoms with Crippen molar-refractivity contribution in [1.29, 1.82) is 0 Å². The number of benzene rings is 1. The lowest BCUT2D eigenvalue weighted by atomic mass is 10.1. The first-order valence-corrected chi connectivity index (χ1v) is 5.92. The van der Waals surface area contributed by atoms with Gasteiger partial charge in [-0.2, -0.15) is 0 Å². The zero-order valence-electron chi connectivity index (χ0n) is 10.9. The molecule has 0 saturated heterocycles. The number of hydrogen-bond acceptors (Lipinski definition) is 3. The molecule has 0 aliphatic heterocycles. The first-order chi connectivity index (χ1) is 9.38. The van der Waals surface area contributed by atoms with Gasteiger partial charge in [0.15, 0.2) is 0 Å². The molecule has 0 saturated carbocycles. The number of carboxylic acid groups (broad SMARTS) is 1. The van der Waals surface area contributed by atoms with Crippen LogP contribution in [0.1, 0.15) is 12.5 Å². The van der Waals surface area contributed by atoms with E-state index >= 15 is 0 Å². The maximum atomic E-state index is 12.9. The molecule has 0 fully saturated rings. The lowest BCUT2D eigenvalue weighted by Crippen LogP contribution is -2.44. The summed E-state index contributed by atoms with van der Waals surface area (Å²) < 4.78 is 12.9. The van der Waals surface area contributed by atoms with E-state index in [9.17, 15) is 18.8 Å². The monoisotopic (exact) mass is 282 g/mol. The predicted molar refractivity (Wildman–Crippen MR) is 68.4 cm³/mol. The van der Waals surface area contributed by atoms with Gasteiger partial charge in [0, 0.05) is 0 Å². The van der Waals surface area contributed by atoms with Gasteiger partial charge in [-0.15, -0.1) is 0 Å². The number of carbonyl (C=O) groups excluding carboxylic acids is 2. The number of nitrogens with one attached hydrogen (secondary N) is 2. The first kappa shape index (κ1) is 15.6. The van der Waals surface area contributed by atoms with Crippen LogP contribution >= 0.6 is 0 Å². The van der Waals surface area contributed by atoms with E-state index in [-0.39, 0.29) is 13.0 Å². The first-order valence-electron chi connectivity index (χ1n) is 5.92. The number of hydrogen-bond donors (Lipinski definition) is 3. The molecule has 1 rings (SSSR count). The fourth-order valence-electron chi connectivity index (χ4n) is 1.43. The van der Waals surface area contributed by atoms with Crippen molar-refractivity contribution in [3.8, 4) is 0 Å². The Morgan fingerprint density at radius 2 is 2.00 bits per heavy atom. The van der Waals surface area contributed by atoms with E-state index in [1.54, 1.807) is 6.07 Å². The Hall–Kier alpha value is -2.44. The summed E-state index contributed by atoms with van der Waals surface area (Å²) in [6, 6.07) is 4.55. The number of carbonyl (C=O) groups is 3. The summed E-state index contributed by atoms with van der Waals surface area (Å²) in [6.07, 6.45) is -0.0560. The minimum absolute atomic E-state index is 0.0560. The van der Waals surface area contributed by atoms with Crippen LogP contribution < -0.4 is 10.6 Å². The standard InChI is InChI=1S/C13H15FN2O4/c1-8(13(19)20)16-12(18)7-15-11(17)6-9-3-2-4-10(14)5-9/h2-5,8H,6-7H2,1H3,(H,15,17)(H,16,18)(H,19,20)/t8-/m0/s1. The third-order valence-electron chi connectivity index (χ3n) is 2.45. The summed E-state index contributed by atoms with van der Waals surface area (Å²) in [7, 11) is 0. The Kier molecular flexibility index (Phi) is 5.64. The third kappa shape index (κ3) is 5.47. The van der Waals surface area contributed by atoms with Crippen LogP contribution in [0.3, 0.4) is 0 Å². The summed E-state index contributed by atoms with van der Waals surface area (Å²) in [4.78, 5) is 33.3. The number of carboxylic acids is 1. The maximum absolute atomic E-state index is 12.9. The number of rotatable bonds is 6. The molecule has 1 aromatic rings. The van der Waals surface area contributed by atoms with Crippen LogP contribution in [-0.2, 0) is 20.8 Å². The molecule has 2 amide bonds. The topological polar surface area (TPSA) is 95.5 Å². The highest BCUT2D eigenvalue weighted by molar-refractivity contribution is 5.88. The second-order valence-corrected chi connectivity index (χ2v) is 4.21. The van der Waals surface area contributed by atoms with Gasteiger partial charge in [0.2, 0.25) is 11.8 Å². The van der Waals surface area contributed by atoms with Crippen molar-refractivity contribution < 1.29 is 23.9 Å². The molecular weight excluding hydrogens is 267 g/mol. The van der Waals surface area contributed by atoms with E-state index in [1.807, 2.05) is 0 Å². The molecule has 0 heterocycles. The van der Waals surface area contributed by atoms with Gasteiger partial charge in [-0.25, -0.2) is 4.39 Å². The van der Waals surface area contributed by atoms with Crippen molar-refractivity contribution in [1.82, 2.24) is 10.6 Å². The summed E-state index contributed by atoms with van der Waals surface area (Å²) in [5.41, 5.74) is 0.488. The Bertz CT molecular complexity index is 519. The van der Waals surface area contributed by atoms with E-state index in [1.165, 1.54) is 25.1 Å². The average molecular weight is 282 g/mol. The predicted octanol–water partition coefficient (Wildman–Crippen LogP) is 0.0737. The van der Waals surface area contributed by atoms with Gasteiger partial charge in [-0.3, -0.25) is 14.4 Å². The minimum Gasteiger partial charge on any atom is -0.480 e. The van der Waals surface area contributed by atoms with Crippen molar-refractivity contribution in [3.63, 3.8) is 0 Å². The highest BCUT2D eigenvalue weighted by Crippen LogP contribution is 2.03. The lowest BCUT2D eigenvalue weighted by Gasteiger charge is -2.10. The van der Waals surface area contributed by atoms with Gasteiger partial charge in [0.05, 0.1) is 13.0 Å². The van der Waals surface area contributed by atoms with Crippen molar-refractivity contribution in [2.75, 3.05) is 6.54 Å². The van der Waals surface area contributed by atoms with Crippen LogP contribution in [0, 0.1) is 5.82 Å².